The zero-order valence-electron chi connectivity index (χ0n) is 8.64. The van der Waals surface area contributed by atoms with Crippen LogP contribution < -0.4 is 5.32 Å². The zero-order chi connectivity index (χ0) is 14.0. The van der Waals surface area contributed by atoms with E-state index in [9.17, 15) is 31.1 Å². The maximum absolute atomic E-state index is 12.5. The average Bonchev–Trinajstić information content (AvgIpc) is 2.23. The SMILES string of the molecule is O=CN[C@H](c1ccc(C(F)(F)F)cc1)C(F)(F)F. The molecule has 18 heavy (non-hydrogen) atoms. The van der Waals surface area contributed by atoms with Crippen LogP contribution in [0.4, 0.5) is 26.3 Å². The first-order valence-corrected chi connectivity index (χ1v) is 4.60. The summed E-state index contributed by atoms with van der Waals surface area (Å²) in [5, 5.41) is 1.51. The number of carbonyl (C=O) groups excluding carboxylic acids is 1. The molecule has 0 radical (unpaired) electrons. The Bertz CT molecular complexity index is 408. The molecular weight excluding hydrogens is 264 g/mol. The minimum absolute atomic E-state index is 0.157. The van der Waals surface area contributed by atoms with Crippen LogP contribution in [-0.4, -0.2) is 12.6 Å². The lowest BCUT2D eigenvalue weighted by molar-refractivity contribution is -0.160. The van der Waals surface area contributed by atoms with Crippen LogP contribution >= 0.6 is 0 Å². The van der Waals surface area contributed by atoms with Crippen molar-refractivity contribution in [1.82, 2.24) is 5.32 Å². The van der Waals surface area contributed by atoms with E-state index in [-0.39, 0.29) is 6.41 Å². The minimum atomic E-state index is -4.78. The van der Waals surface area contributed by atoms with Gasteiger partial charge in [-0.05, 0) is 17.7 Å². The van der Waals surface area contributed by atoms with E-state index < -0.39 is 29.5 Å². The average molecular weight is 271 g/mol. The molecule has 0 aromatic heterocycles. The Hall–Kier alpha value is -1.73. The zero-order valence-corrected chi connectivity index (χ0v) is 8.64. The van der Waals surface area contributed by atoms with Crippen molar-refractivity contribution in [2.45, 2.75) is 18.4 Å². The number of carbonyl (C=O) groups is 1. The lowest BCUT2D eigenvalue weighted by Crippen LogP contribution is -2.33. The van der Waals surface area contributed by atoms with E-state index in [1.54, 1.807) is 0 Å². The highest BCUT2D eigenvalue weighted by atomic mass is 19.4. The van der Waals surface area contributed by atoms with Crippen molar-refractivity contribution in [3.63, 3.8) is 0 Å². The summed E-state index contributed by atoms with van der Waals surface area (Å²) >= 11 is 0. The predicted octanol–water partition coefficient (Wildman–Crippen LogP) is 3.05. The van der Waals surface area contributed by atoms with E-state index in [0.29, 0.717) is 24.3 Å². The van der Waals surface area contributed by atoms with E-state index in [1.807, 2.05) is 0 Å². The van der Waals surface area contributed by atoms with Gasteiger partial charge < -0.3 is 5.32 Å². The van der Waals surface area contributed by atoms with Crippen LogP contribution in [0.5, 0.6) is 0 Å². The Morgan fingerprint density at radius 2 is 1.50 bits per heavy atom. The quantitative estimate of drug-likeness (QED) is 0.664. The molecule has 0 bridgehead atoms. The van der Waals surface area contributed by atoms with Crippen LogP contribution in [0.2, 0.25) is 0 Å². The first kappa shape index (κ1) is 14.3. The number of hydrogen-bond donors (Lipinski definition) is 1. The highest BCUT2D eigenvalue weighted by molar-refractivity contribution is 5.48. The van der Waals surface area contributed by atoms with Crippen LogP contribution in [0.3, 0.4) is 0 Å². The van der Waals surface area contributed by atoms with E-state index in [2.05, 4.69) is 0 Å². The van der Waals surface area contributed by atoms with Crippen molar-refractivity contribution in [2.75, 3.05) is 0 Å². The Kier molecular flexibility index (Phi) is 3.88. The largest absolute Gasteiger partial charge is 0.416 e. The maximum Gasteiger partial charge on any atom is 0.416 e. The van der Waals surface area contributed by atoms with Crippen LogP contribution in [0, 0.1) is 0 Å². The second-order valence-corrected chi connectivity index (χ2v) is 3.38. The molecule has 1 rings (SSSR count). The molecule has 0 unspecified atom stereocenters. The molecular formula is C10H7F6NO. The number of alkyl halides is 6. The van der Waals surface area contributed by atoms with Crippen LogP contribution in [0.1, 0.15) is 17.2 Å². The third-order valence-corrected chi connectivity index (χ3v) is 2.13. The number of benzene rings is 1. The topological polar surface area (TPSA) is 29.1 Å². The maximum atomic E-state index is 12.5. The second-order valence-electron chi connectivity index (χ2n) is 3.38. The number of halogens is 6. The molecule has 1 aromatic carbocycles. The molecule has 0 aliphatic heterocycles. The van der Waals surface area contributed by atoms with Gasteiger partial charge in [-0.15, -0.1) is 0 Å². The van der Waals surface area contributed by atoms with Gasteiger partial charge in [0.2, 0.25) is 6.41 Å². The van der Waals surface area contributed by atoms with E-state index in [0.717, 1.165) is 0 Å². The Balaban J connectivity index is 3.05. The molecule has 8 heteroatoms. The van der Waals surface area contributed by atoms with Gasteiger partial charge in [0.15, 0.2) is 6.04 Å². The number of hydrogen-bond acceptors (Lipinski definition) is 1. The summed E-state index contributed by atoms with van der Waals surface area (Å²) in [6.07, 6.45) is -9.55. The lowest BCUT2D eigenvalue weighted by atomic mass is 10.0. The molecule has 0 fully saturated rings. The fourth-order valence-electron chi connectivity index (χ4n) is 1.31. The summed E-state index contributed by atoms with van der Waals surface area (Å²) in [5.41, 5.74) is -1.53. The van der Waals surface area contributed by atoms with Crippen molar-refractivity contribution in [3.8, 4) is 0 Å². The summed E-state index contributed by atoms with van der Waals surface area (Å²) in [4.78, 5) is 10.1. The van der Waals surface area contributed by atoms with Crippen molar-refractivity contribution < 1.29 is 31.1 Å². The Morgan fingerprint density at radius 1 is 1.00 bits per heavy atom. The molecule has 1 aromatic rings. The fourth-order valence-corrected chi connectivity index (χ4v) is 1.31. The summed E-state index contributed by atoms with van der Waals surface area (Å²) < 4.78 is 74.1. The smallest absolute Gasteiger partial charge is 0.343 e. The van der Waals surface area contributed by atoms with Gasteiger partial charge in [-0.1, -0.05) is 12.1 Å². The Morgan fingerprint density at radius 3 is 1.83 bits per heavy atom. The summed E-state index contributed by atoms with van der Waals surface area (Å²) in [6, 6.07) is 0.0908. The molecule has 2 nitrogen and oxygen atoms in total. The Labute approximate surface area is 97.6 Å². The van der Waals surface area contributed by atoms with Gasteiger partial charge in [0.25, 0.3) is 0 Å². The third-order valence-electron chi connectivity index (χ3n) is 2.13. The van der Waals surface area contributed by atoms with Crippen molar-refractivity contribution >= 4 is 6.41 Å². The predicted molar refractivity (Wildman–Crippen MR) is 49.4 cm³/mol. The fraction of sp³-hybridized carbons (Fsp3) is 0.300. The highest BCUT2D eigenvalue weighted by Crippen LogP contribution is 2.34. The number of amides is 1. The van der Waals surface area contributed by atoms with Gasteiger partial charge in [-0.2, -0.15) is 26.3 Å². The molecule has 0 saturated carbocycles. The van der Waals surface area contributed by atoms with Crippen LogP contribution in [0.15, 0.2) is 24.3 Å². The molecule has 0 heterocycles. The van der Waals surface area contributed by atoms with E-state index in [4.69, 9.17) is 0 Å². The first-order chi connectivity index (χ1) is 8.16. The summed E-state index contributed by atoms with van der Waals surface area (Å²) in [5.74, 6) is 0. The minimum Gasteiger partial charge on any atom is -0.343 e. The summed E-state index contributed by atoms with van der Waals surface area (Å²) in [7, 11) is 0. The van der Waals surface area contributed by atoms with Gasteiger partial charge in [0.05, 0.1) is 5.56 Å². The first-order valence-electron chi connectivity index (χ1n) is 4.60. The van der Waals surface area contributed by atoms with Crippen molar-refractivity contribution in [1.29, 1.82) is 0 Å². The van der Waals surface area contributed by atoms with Crippen LogP contribution in [0.25, 0.3) is 0 Å². The van der Waals surface area contributed by atoms with E-state index in [1.165, 1.54) is 5.32 Å². The lowest BCUT2D eigenvalue weighted by Gasteiger charge is -2.20. The normalized spacial score (nSPS) is 14.1. The monoisotopic (exact) mass is 271 g/mol. The molecule has 0 aliphatic rings. The van der Waals surface area contributed by atoms with Gasteiger partial charge in [-0.25, -0.2) is 0 Å². The summed E-state index contributed by atoms with van der Waals surface area (Å²) in [6.45, 7) is 0. The third kappa shape index (κ3) is 3.38. The number of nitrogens with one attached hydrogen (secondary N) is 1. The molecule has 100 valence electrons. The van der Waals surface area contributed by atoms with Crippen molar-refractivity contribution in [2.24, 2.45) is 0 Å². The number of rotatable bonds is 3. The van der Waals surface area contributed by atoms with Crippen LogP contribution in [-0.2, 0) is 11.0 Å². The second kappa shape index (κ2) is 4.87. The van der Waals surface area contributed by atoms with Gasteiger partial charge >= 0.3 is 12.4 Å². The molecule has 0 saturated heterocycles. The molecule has 0 spiro atoms. The van der Waals surface area contributed by atoms with Crippen molar-refractivity contribution in [3.05, 3.63) is 35.4 Å². The molecule has 1 atom stereocenters. The molecule has 1 amide bonds. The standard InChI is InChI=1S/C10H7F6NO/c11-9(12,13)7-3-1-6(2-4-7)8(17-5-18)10(14,15)16/h1-5,8H,(H,17,18)/t8-/m1/s1. The van der Waals surface area contributed by atoms with Gasteiger partial charge in [-0.3, -0.25) is 4.79 Å². The van der Waals surface area contributed by atoms with Gasteiger partial charge in [0, 0.05) is 0 Å². The molecule has 1 N–H and O–H groups in total. The molecule has 0 aliphatic carbocycles. The van der Waals surface area contributed by atoms with Gasteiger partial charge in [0.1, 0.15) is 0 Å². The highest BCUT2D eigenvalue weighted by Gasteiger charge is 2.41. The van der Waals surface area contributed by atoms with E-state index >= 15 is 0 Å².